The molecular weight excluding hydrogens is 334 g/mol. The third-order valence-corrected chi connectivity index (χ3v) is 4.03. The molecule has 0 aromatic rings. The molecule has 0 spiro atoms. The number of aliphatic carboxylic acids is 1. The molecule has 0 radical (unpaired) electrons. The maximum atomic E-state index is 11.2. The smallest absolute Gasteiger partial charge is 0.335 e. The van der Waals surface area contributed by atoms with Crippen molar-refractivity contribution in [2.24, 2.45) is 5.73 Å². The molecule has 0 amide bonds. The van der Waals surface area contributed by atoms with Crippen molar-refractivity contribution in [2.75, 3.05) is 6.61 Å². The Morgan fingerprint density at radius 1 is 1.00 bits per heavy atom. The number of rotatable bonds is 4. The molecule has 10 atom stereocenters. The zero-order valence-corrected chi connectivity index (χ0v) is 12.3. The molecule has 9 N–H and O–H groups in total. The highest BCUT2D eigenvalue weighted by atomic mass is 16.7. The minimum atomic E-state index is -1.94. The van der Waals surface area contributed by atoms with Crippen LogP contribution in [-0.2, 0) is 19.0 Å². The fourth-order valence-electron chi connectivity index (χ4n) is 2.58. The Morgan fingerprint density at radius 2 is 1.62 bits per heavy atom. The first-order chi connectivity index (χ1) is 11.2. The highest BCUT2D eigenvalue weighted by molar-refractivity contribution is 5.73. The summed E-state index contributed by atoms with van der Waals surface area (Å²) in [7, 11) is 0. The quantitative estimate of drug-likeness (QED) is 0.237. The molecule has 2 fully saturated rings. The Hall–Kier alpha value is -0.930. The normalized spacial score (nSPS) is 49.8. The van der Waals surface area contributed by atoms with Gasteiger partial charge in [-0.25, -0.2) is 4.79 Å². The third kappa shape index (κ3) is 3.52. The Bertz CT molecular complexity index is 449. The van der Waals surface area contributed by atoms with Crippen LogP contribution in [0.15, 0.2) is 0 Å². The third-order valence-electron chi connectivity index (χ3n) is 4.03. The summed E-state index contributed by atoms with van der Waals surface area (Å²) in [6.07, 6.45) is -15.0. The van der Waals surface area contributed by atoms with E-state index in [1.54, 1.807) is 0 Å². The van der Waals surface area contributed by atoms with Crippen LogP contribution in [0.25, 0.3) is 0 Å². The number of nitrogens with two attached hydrogens (primary N) is 1. The highest BCUT2D eigenvalue weighted by Gasteiger charge is 2.51. The van der Waals surface area contributed by atoms with Crippen LogP contribution in [0.5, 0.6) is 0 Å². The standard InChI is InChI=1S/C12H21NO11/c13-3-5(16)4(15)2(1-14)22-12(3)24-8-6(17)7(18)11(21)23-9(8)10(19)20/h2-9,11-12,14-18,21H,1,13H2,(H,19,20)/t2-,3-,4-,5-,6-,7-,8+,9-,11+,12-/m1/s1. The number of carboxylic acid groups (broad SMARTS) is 1. The molecule has 0 bridgehead atoms. The second kappa shape index (κ2) is 7.53. The summed E-state index contributed by atoms with van der Waals surface area (Å²) in [6.45, 7) is -0.682. The Kier molecular flexibility index (Phi) is 6.09. The lowest BCUT2D eigenvalue weighted by molar-refractivity contribution is -0.333. The van der Waals surface area contributed by atoms with Gasteiger partial charge in [0.1, 0.15) is 36.6 Å². The SMILES string of the molecule is N[C@H]1[C@@H](O[C@H]2[C@H](O)[C@@H](O)[C@@H](O)O[C@H]2C(=O)O)O[C@H](CO)[C@@H](O)[C@@H]1O. The van der Waals surface area contributed by atoms with Crippen LogP contribution in [0.4, 0.5) is 0 Å². The van der Waals surface area contributed by atoms with E-state index in [1.165, 1.54) is 0 Å². The zero-order chi connectivity index (χ0) is 18.2. The Balaban J connectivity index is 2.18. The second-order valence-electron chi connectivity index (χ2n) is 5.65. The summed E-state index contributed by atoms with van der Waals surface area (Å²) in [5.41, 5.74) is 5.65. The summed E-state index contributed by atoms with van der Waals surface area (Å²) in [6, 6.07) is -1.34. The van der Waals surface area contributed by atoms with E-state index < -0.39 is 73.9 Å². The van der Waals surface area contributed by atoms with Crippen molar-refractivity contribution < 1.29 is 54.8 Å². The number of carboxylic acids is 1. The molecule has 140 valence electrons. The van der Waals surface area contributed by atoms with Gasteiger partial charge in [-0.15, -0.1) is 0 Å². The largest absolute Gasteiger partial charge is 0.479 e. The van der Waals surface area contributed by atoms with Crippen molar-refractivity contribution >= 4 is 5.97 Å². The molecule has 2 heterocycles. The number of aliphatic hydroxyl groups is 6. The molecule has 24 heavy (non-hydrogen) atoms. The van der Waals surface area contributed by atoms with Gasteiger partial charge in [0.25, 0.3) is 0 Å². The van der Waals surface area contributed by atoms with Gasteiger partial charge in [-0.05, 0) is 0 Å². The lowest BCUT2D eigenvalue weighted by atomic mass is 9.96. The first-order valence-electron chi connectivity index (χ1n) is 7.15. The summed E-state index contributed by atoms with van der Waals surface area (Å²) < 4.78 is 15.1. The maximum absolute atomic E-state index is 11.2. The second-order valence-corrected chi connectivity index (χ2v) is 5.65. The predicted octanol–water partition coefficient (Wildman–Crippen LogP) is -5.34. The van der Waals surface area contributed by atoms with Crippen molar-refractivity contribution in [2.45, 2.75) is 61.3 Å². The summed E-state index contributed by atoms with van der Waals surface area (Å²) in [5, 5.41) is 66.7. The van der Waals surface area contributed by atoms with Crippen molar-refractivity contribution in [3.8, 4) is 0 Å². The lowest BCUT2D eigenvalue weighted by Gasteiger charge is -2.45. The predicted molar refractivity (Wildman–Crippen MR) is 71.1 cm³/mol. The summed E-state index contributed by atoms with van der Waals surface area (Å²) >= 11 is 0. The van der Waals surface area contributed by atoms with E-state index in [4.69, 9.17) is 25.4 Å². The van der Waals surface area contributed by atoms with Gasteiger partial charge in [0.05, 0.1) is 12.6 Å². The van der Waals surface area contributed by atoms with Crippen molar-refractivity contribution in [1.82, 2.24) is 0 Å². The number of ether oxygens (including phenoxy) is 3. The van der Waals surface area contributed by atoms with Crippen LogP contribution in [0.1, 0.15) is 0 Å². The van der Waals surface area contributed by atoms with Crippen molar-refractivity contribution in [3.63, 3.8) is 0 Å². The molecule has 12 nitrogen and oxygen atoms in total. The van der Waals surface area contributed by atoms with Gasteiger partial charge in [0.15, 0.2) is 18.7 Å². The molecule has 2 saturated heterocycles. The molecule has 12 heteroatoms. The van der Waals surface area contributed by atoms with Crippen LogP contribution < -0.4 is 5.73 Å². The van der Waals surface area contributed by atoms with E-state index in [2.05, 4.69) is 4.74 Å². The van der Waals surface area contributed by atoms with E-state index in [9.17, 15) is 30.3 Å². The molecule has 2 aliphatic heterocycles. The van der Waals surface area contributed by atoms with Gasteiger partial charge in [-0.3, -0.25) is 0 Å². The first-order valence-corrected chi connectivity index (χ1v) is 7.15. The monoisotopic (exact) mass is 355 g/mol. The van der Waals surface area contributed by atoms with Gasteiger partial charge in [0.2, 0.25) is 0 Å². The zero-order valence-electron chi connectivity index (χ0n) is 12.3. The Labute approximate surface area is 135 Å². The minimum absolute atomic E-state index is 0.682. The van der Waals surface area contributed by atoms with Crippen LogP contribution >= 0.6 is 0 Å². The van der Waals surface area contributed by atoms with Gasteiger partial charge < -0.3 is 55.7 Å². The number of hydrogen-bond acceptors (Lipinski definition) is 11. The van der Waals surface area contributed by atoms with E-state index in [0.717, 1.165) is 0 Å². The number of aliphatic hydroxyl groups excluding tert-OH is 6. The van der Waals surface area contributed by atoms with E-state index in [1.807, 2.05) is 0 Å². The number of hydrogen-bond donors (Lipinski definition) is 8. The first kappa shape index (κ1) is 19.4. The topological polar surface area (TPSA) is 212 Å². The van der Waals surface area contributed by atoms with Crippen molar-refractivity contribution in [3.05, 3.63) is 0 Å². The fourth-order valence-corrected chi connectivity index (χ4v) is 2.58. The van der Waals surface area contributed by atoms with E-state index in [0.29, 0.717) is 0 Å². The molecular formula is C12H21NO11. The molecule has 0 aromatic carbocycles. The number of carbonyl (C=O) groups is 1. The van der Waals surface area contributed by atoms with Gasteiger partial charge in [-0.1, -0.05) is 0 Å². The minimum Gasteiger partial charge on any atom is -0.479 e. The average molecular weight is 355 g/mol. The molecule has 2 rings (SSSR count). The van der Waals surface area contributed by atoms with Gasteiger partial charge >= 0.3 is 5.97 Å². The molecule has 0 aliphatic carbocycles. The van der Waals surface area contributed by atoms with Gasteiger partial charge in [-0.2, -0.15) is 0 Å². The maximum Gasteiger partial charge on any atom is 0.335 e. The summed E-state index contributed by atoms with van der Waals surface area (Å²) in [5.74, 6) is -1.59. The van der Waals surface area contributed by atoms with E-state index >= 15 is 0 Å². The van der Waals surface area contributed by atoms with Crippen LogP contribution in [-0.4, -0.2) is 110 Å². The van der Waals surface area contributed by atoms with Crippen LogP contribution in [0, 0.1) is 0 Å². The molecule has 0 aromatic heterocycles. The van der Waals surface area contributed by atoms with Gasteiger partial charge in [0, 0.05) is 0 Å². The summed E-state index contributed by atoms with van der Waals surface area (Å²) in [4.78, 5) is 11.2. The highest BCUT2D eigenvalue weighted by Crippen LogP contribution is 2.28. The lowest BCUT2D eigenvalue weighted by Crippen LogP contribution is -2.66. The van der Waals surface area contributed by atoms with Crippen LogP contribution in [0.3, 0.4) is 0 Å². The fraction of sp³-hybridized carbons (Fsp3) is 0.917. The van der Waals surface area contributed by atoms with E-state index in [-0.39, 0.29) is 0 Å². The average Bonchev–Trinajstić information content (AvgIpc) is 2.54. The van der Waals surface area contributed by atoms with Crippen molar-refractivity contribution in [1.29, 1.82) is 0 Å². The molecule has 0 saturated carbocycles. The van der Waals surface area contributed by atoms with Crippen LogP contribution in [0.2, 0.25) is 0 Å². The Morgan fingerprint density at radius 3 is 2.17 bits per heavy atom. The molecule has 0 unspecified atom stereocenters. The molecule has 2 aliphatic rings.